The van der Waals surface area contributed by atoms with Gasteiger partial charge < -0.3 is 10.2 Å². The van der Waals surface area contributed by atoms with Crippen molar-refractivity contribution in [3.8, 4) is 6.07 Å². The molecule has 2 fully saturated rings. The topological polar surface area (TPSA) is 75.5 Å². The van der Waals surface area contributed by atoms with Crippen LogP contribution >= 0.6 is 0 Å². The highest BCUT2D eigenvalue weighted by Crippen LogP contribution is 2.19. The van der Waals surface area contributed by atoms with Gasteiger partial charge in [0.25, 0.3) is 0 Å². The van der Waals surface area contributed by atoms with Gasteiger partial charge >= 0.3 is 0 Å². The SMILES string of the molecule is N#CCCNC(=O)CN1CCCC(CN2CCN(c3ccccn3)CC2)C1. The second-order valence-corrected chi connectivity index (χ2v) is 7.48. The Kier molecular flexibility index (Phi) is 7.43. The number of carbonyl (C=O) groups is 1. The molecule has 7 nitrogen and oxygen atoms in total. The standard InChI is InChI=1S/C20H30N6O/c21-7-4-9-23-20(27)17-25-10-3-5-18(16-25)15-24-11-13-26(14-12-24)19-6-1-2-8-22-19/h1-2,6,8,18H,3-5,9-17H2,(H,23,27). The Bertz CT molecular complexity index is 623. The van der Waals surface area contributed by atoms with Crippen molar-refractivity contribution in [2.24, 2.45) is 5.92 Å². The van der Waals surface area contributed by atoms with E-state index in [1.165, 1.54) is 6.42 Å². The van der Waals surface area contributed by atoms with E-state index in [9.17, 15) is 4.79 Å². The fraction of sp³-hybridized carbons (Fsp3) is 0.650. The average Bonchev–Trinajstić information content (AvgIpc) is 2.70. The van der Waals surface area contributed by atoms with Crippen molar-refractivity contribution in [3.63, 3.8) is 0 Å². The summed E-state index contributed by atoms with van der Waals surface area (Å²) >= 11 is 0. The molecule has 0 radical (unpaired) electrons. The van der Waals surface area contributed by atoms with Crippen molar-refractivity contribution < 1.29 is 4.79 Å². The van der Waals surface area contributed by atoms with E-state index in [0.717, 1.165) is 58.1 Å². The Balaban J connectivity index is 1.38. The lowest BCUT2D eigenvalue weighted by molar-refractivity contribution is -0.122. The summed E-state index contributed by atoms with van der Waals surface area (Å²) in [4.78, 5) is 23.6. The Morgan fingerprint density at radius 2 is 2.07 bits per heavy atom. The zero-order valence-electron chi connectivity index (χ0n) is 16.0. The summed E-state index contributed by atoms with van der Waals surface area (Å²) in [6.07, 6.45) is 4.63. The van der Waals surface area contributed by atoms with Crippen LogP contribution in [0.15, 0.2) is 24.4 Å². The molecule has 1 aromatic heterocycles. The number of nitrogens with zero attached hydrogens (tertiary/aromatic N) is 5. The number of pyridine rings is 1. The maximum atomic E-state index is 12.0. The van der Waals surface area contributed by atoms with E-state index in [4.69, 9.17) is 5.26 Å². The highest BCUT2D eigenvalue weighted by Gasteiger charge is 2.25. The molecule has 1 N–H and O–H groups in total. The molecule has 3 heterocycles. The normalized spacial score (nSPS) is 21.6. The number of likely N-dealkylation sites (tertiary alicyclic amines) is 1. The molecule has 0 saturated carbocycles. The van der Waals surface area contributed by atoms with Crippen molar-refractivity contribution in [2.45, 2.75) is 19.3 Å². The van der Waals surface area contributed by atoms with Gasteiger partial charge in [0.15, 0.2) is 0 Å². The van der Waals surface area contributed by atoms with Crippen molar-refractivity contribution in [2.75, 3.05) is 63.8 Å². The Morgan fingerprint density at radius 1 is 1.22 bits per heavy atom. The van der Waals surface area contributed by atoms with Gasteiger partial charge in [-0.05, 0) is 37.4 Å². The molecule has 27 heavy (non-hydrogen) atoms. The third-order valence-corrected chi connectivity index (χ3v) is 5.39. The number of rotatable bonds is 7. The van der Waals surface area contributed by atoms with E-state index in [0.29, 0.717) is 25.4 Å². The minimum absolute atomic E-state index is 0.0369. The number of nitriles is 1. The van der Waals surface area contributed by atoms with Crippen LogP contribution in [0.4, 0.5) is 5.82 Å². The van der Waals surface area contributed by atoms with Gasteiger partial charge in [-0.3, -0.25) is 14.6 Å². The van der Waals surface area contributed by atoms with E-state index in [-0.39, 0.29) is 5.91 Å². The molecule has 7 heteroatoms. The van der Waals surface area contributed by atoms with Crippen LogP contribution in [0.5, 0.6) is 0 Å². The van der Waals surface area contributed by atoms with Gasteiger partial charge in [-0.2, -0.15) is 5.26 Å². The summed E-state index contributed by atoms with van der Waals surface area (Å²) in [5.41, 5.74) is 0. The highest BCUT2D eigenvalue weighted by molar-refractivity contribution is 5.78. The van der Waals surface area contributed by atoms with Crippen LogP contribution in [-0.4, -0.2) is 79.6 Å². The second-order valence-electron chi connectivity index (χ2n) is 7.48. The van der Waals surface area contributed by atoms with E-state index < -0.39 is 0 Å². The third kappa shape index (κ3) is 6.19. The summed E-state index contributed by atoms with van der Waals surface area (Å²) in [7, 11) is 0. The number of carbonyl (C=O) groups excluding carboxylic acids is 1. The van der Waals surface area contributed by atoms with Crippen LogP contribution in [0, 0.1) is 17.2 Å². The number of nitrogens with one attached hydrogen (secondary N) is 1. The molecular formula is C20H30N6O. The van der Waals surface area contributed by atoms with Gasteiger partial charge in [-0.1, -0.05) is 6.07 Å². The van der Waals surface area contributed by atoms with Crippen molar-refractivity contribution in [3.05, 3.63) is 24.4 Å². The number of amides is 1. The fourth-order valence-corrected chi connectivity index (χ4v) is 4.03. The van der Waals surface area contributed by atoms with Crippen LogP contribution in [0.1, 0.15) is 19.3 Å². The van der Waals surface area contributed by atoms with Crippen molar-refractivity contribution in [1.82, 2.24) is 20.1 Å². The van der Waals surface area contributed by atoms with Gasteiger partial charge in [0, 0.05) is 52.0 Å². The highest BCUT2D eigenvalue weighted by atomic mass is 16.2. The number of anilines is 1. The summed E-state index contributed by atoms with van der Waals surface area (Å²) in [5, 5.41) is 11.4. The van der Waals surface area contributed by atoms with Gasteiger partial charge in [0.1, 0.15) is 5.82 Å². The summed E-state index contributed by atoms with van der Waals surface area (Å²) in [6, 6.07) is 8.13. The average molecular weight is 371 g/mol. The maximum absolute atomic E-state index is 12.0. The van der Waals surface area contributed by atoms with Crippen molar-refractivity contribution >= 4 is 11.7 Å². The molecular weight excluding hydrogens is 340 g/mol. The predicted octanol–water partition coefficient (Wildman–Crippen LogP) is 0.945. The molecule has 1 atom stereocenters. The quantitative estimate of drug-likeness (QED) is 0.720. The van der Waals surface area contributed by atoms with E-state index in [1.54, 1.807) is 0 Å². The second kappa shape index (κ2) is 10.2. The first kappa shape index (κ1) is 19.6. The van der Waals surface area contributed by atoms with Crippen LogP contribution in [0.25, 0.3) is 0 Å². The van der Waals surface area contributed by atoms with E-state index in [1.807, 2.05) is 18.3 Å². The Hall–Kier alpha value is -2.17. The zero-order chi connectivity index (χ0) is 18.9. The number of piperidine rings is 1. The zero-order valence-corrected chi connectivity index (χ0v) is 16.0. The molecule has 2 saturated heterocycles. The monoisotopic (exact) mass is 370 g/mol. The summed E-state index contributed by atoms with van der Waals surface area (Å²) in [6.45, 7) is 8.19. The summed E-state index contributed by atoms with van der Waals surface area (Å²) < 4.78 is 0. The molecule has 0 aliphatic carbocycles. The largest absolute Gasteiger partial charge is 0.354 e. The van der Waals surface area contributed by atoms with Crippen LogP contribution in [-0.2, 0) is 4.79 Å². The van der Waals surface area contributed by atoms with Gasteiger partial charge in [0.2, 0.25) is 5.91 Å². The van der Waals surface area contributed by atoms with E-state index in [2.05, 4.69) is 37.1 Å². The maximum Gasteiger partial charge on any atom is 0.234 e. The first-order chi connectivity index (χ1) is 13.2. The molecule has 0 bridgehead atoms. The van der Waals surface area contributed by atoms with Gasteiger partial charge in [-0.15, -0.1) is 0 Å². The predicted molar refractivity (Wildman–Crippen MR) is 105 cm³/mol. The Morgan fingerprint density at radius 3 is 2.81 bits per heavy atom. The van der Waals surface area contributed by atoms with Gasteiger partial charge in [0.05, 0.1) is 19.0 Å². The third-order valence-electron chi connectivity index (χ3n) is 5.39. The lowest BCUT2D eigenvalue weighted by Crippen LogP contribution is -2.50. The lowest BCUT2D eigenvalue weighted by Gasteiger charge is -2.39. The number of hydrogen-bond acceptors (Lipinski definition) is 6. The number of piperazine rings is 1. The molecule has 0 aromatic carbocycles. The van der Waals surface area contributed by atoms with Crippen LogP contribution in [0.2, 0.25) is 0 Å². The van der Waals surface area contributed by atoms with E-state index >= 15 is 0 Å². The van der Waals surface area contributed by atoms with Crippen LogP contribution in [0.3, 0.4) is 0 Å². The molecule has 1 aromatic rings. The number of aromatic nitrogens is 1. The molecule has 1 unspecified atom stereocenters. The fourth-order valence-electron chi connectivity index (χ4n) is 4.03. The molecule has 2 aliphatic rings. The first-order valence-corrected chi connectivity index (χ1v) is 9.99. The lowest BCUT2D eigenvalue weighted by atomic mass is 9.97. The van der Waals surface area contributed by atoms with Crippen molar-refractivity contribution in [1.29, 1.82) is 5.26 Å². The molecule has 1 amide bonds. The molecule has 0 spiro atoms. The Labute approximate surface area is 161 Å². The minimum Gasteiger partial charge on any atom is -0.354 e. The number of hydrogen-bond donors (Lipinski definition) is 1. The summed E-state index contributed by atoms with van der Waals surface area (Å²) in [5.74, 6) is 1.74. The molecule has 146 valence electrons. The first-order valence-electron chi connectivity index (χ1n) is 9.99. The molecule has 2 aliphatic heterocycles. The van der Waals surface area contributed by atoms with Crippen LogP contribution < -0.4 is 10.2 Å². The minimum atomic E-state index is 0.0369. The molecule has 3 rings (SSSR count). The smallest absolute Gasteiger partial charge is 0.234 e. The van der Waals surface area contributed by atoms with Gasteiger partial charge in [-0.25, -0.2) is 4.98 Å².